The molecule has 1 heteroatoms. The molecule has 0 aromatic heterocycles. The lowest BCUT2D eigenvalue weighted by atomic mass is 9.87. The molecule has 0 aliphatic heterocycles. The van der Waals surface area contributed by atoms with Gasteiger partial charge >= 0.3 is 0 Å². The van der Waals surface area contributed by atoms with Gasteiger partial charge in [0, 0.05) is 12.8 Å². The van der Waals surface area contributed by atoms with E-state index in [1.807, 2.05) is 6.07 Å². The molecule has 1 saturated carbocycles. The maximum absolute atomic E-state index is 12.3. The fourth-order valence-electron chi connectivity index (χ4n) is 3.04. The zero-order chi connectivity index (χ0) is 14.7. The third-order valence-corrected chi connectivity index (χ3v) is 4.14. The zero-order valence-corrected chi connectivity index (χ0v) is 13.0. The topological polar surface area (TPSA) is 17.1 Å². The van der Waals surface area contributed by atoms with E-state index in [0.717, 1.165) is 6.42 Å². The molecule has 1 aromatic rings. The third-order valence-electron chi connectivity index (χ3n) is 4.14. The van der Waals surface area contributed by atoms with Crippen molar-refractivity contribution in [1.82, 2.24) is 0 Å². The maximum Gasteiger partial charge on any atom is 0.137 e. The minimum Gasteiger partial charge on any atom is -0.299 e. The highest BCUT2D eigenvalue weighted by atomic mass is 16.1. The van der Waals surface area contributed by atoms with Gasteiger partial charge in [-0.15, -0.1) is 0 Å². The molecule has 106 valence electrons. The van der Waals surface area contributed by atoms with Crippen molar-refractivity contribution in [3.63, 3.8) is 0 Å². The van der Waals surface area contributed by atoms with Crippen molar-refractivity contribution in [2.24, 2.45) is 0 Å². The van der Waals surface area contributed by atoms with Crippen molar-refractivity contribution in [2.75, 3.05) is 0 Å². The van der Waals surface area contributed by atoms with E-state index < -0.39 is 0 Å². The van der Waals surface area contributed by atoms with Gasteiger partial charge in [-0.05, 0) is 56.7 Å². The van der Waals surface area contributed by atoms with E-state index in [4.69, 9.17) is 0 Å². The summed E-state index contributed by atoms with van der Waals surface area (Å²) in [5, 5.41) is 0. The van der Waals surface area contributed by atoms with Crippen molar-refractivity contribution in [3.8, 4) is 0 Å². The molecule has 1 atom stereocenters. The van der Waals surface area contributed by atoms with Crippen LogP contribution in [0.4, 0.5) is 0 Å². The molecule has 2 rings (SSSR count). The predicted molar refractivity (Wildman–Crippen MR) is 84.8 cm³/mol. The fourth-order valence-corrected chi connectivity index (χ4v) is 3.04. The summed E-state index contributed by atoms with van der Waals surface area (Å²) >= 11 is 0. The van der Waals surface area contributed by atoms with Crippen molar-refractivity contribution in [2.45, 2.75) is 52.9 Å². The van der Waals surface area contributed by atoms with Gasteiger partial charge in [0.1, 0.15) is 5.78 Å². The van der Waals surface area contributed by atoms with Crippen molar-refractivity contribution < 1.29 is 4.79 Å². The lowest BCUT2D eigenvalue weighted by molar-refractivity contribution is -0.118. The molecule has 0 amide bonds. The lowest BCUT2D eigenvalue weighted by Gasteiger charge is -2.17. The number of rotatable bonds is 1. The number of allylic oxidation sites excluding steroid dienone is 4. The highest BCUT2D eigenvalue weighted by molar-refractivity contribution is 5.84. The molecule has 1 aliphatic rings. The van der Waals surface area contributed by atoms with Crippen molar-refractivity contribution in [1.29, 1.82) is 0 Å². The van der Waals surface area contributed by atoms with Crippen LogP contribution in [0, 0.1) is 0 Å². The molecule has 0 spiro atoms. The minimum atomic E-state index is 0.324. The van der Waals surface area contributed by atoms with Crippen LogP contribution in [0.5, 0.6) is 0 Å². The van der Waals surface area contributed by atoms with Gasteiger partial charge in [0.2, 0.25) is 0 Å². The Morgan fingerprint density at radius 1 is 0.900 bits per heavy atom. The quantitative estimate of drug-likeness (QED) is 0.640. The Balaban J connectivity index is 2.43. The summed E-state index contributed by atoms with van der Waals surface area (Å²) in [7, 11) is 0. The number of Topliss-reactive ketones (excluding diaryl/α,β-unsaturated/α-hetero) is 1. The van der Waals surface area contributed by atoms with Gasteiger partial charge in [-0.1, -0.05) is 41.5 Å². The molecular weight excluding hydrogens is 244 g/mol. The van der Waals surface area contributed by atoms with E-state index in [-0.39, 0.29) is 0 Å². The molecule has 0 bridgehead atoms. The van der Waals surface area contributed by atoms with Crippen LogP contribution in [0.2, 0.25) is 0 Å². The normalized spacial score (nSPS) is 19.8. The van der Waals surface area contributed by atoms with E-state index in [0.29, 0.717) is 24.5 Å². The minimum absolute atomic E-state index is 0.324. The highest BCUT2D eigenvalue weighted by Gasteiger charge is 2.25. The number of hydrogen-bond donors (Lipinski definition) is 0. The molecule has 0 heterocycles. The monoisotopic (exact) mass is 268 g/mol. The molecule has 1 nitrogen and oxygen atoms in total. The Morgan fingerprint density at radius 3 is 2.05 bits per heavy atom. The molecule has 1 aliphatic carbocycles. The first-order valence-corrected chi connectivity index (χ1v) is 7.38. The van der Waals surface area contributed by atoms with Gasteiger partial charge in [-0.2, -0.15) is 0 Å². The zero-order valence-electron chi connectivity index (χ0n) is 13.0. The van der Waals surface area contributed by atoms with Crippen LogP contribution >= 0.6 is 0 Å². The van der Waals surface area contributed by atoms with E-state index in [1.54, 1.807) is 0 Å². The second-order valence-electron chi connectivity index (χ2n) is 6.19. The van der Waals surface area contributed by atoms with E-state index in [1.165, 1.54) is 27.9 Å². The van der Waals surface area contributed by atoms with Gasteiger partial charge in [-0.3, -0.25) is 4.79 Å². The number of carbonyl (C=O) groups is 1. The number of benzene rings is 1. The smallest absolute Gasteiger partial charge is 0.137 e. The predicted octanol–water partition coefficient (Wildman–Crippen LogP) is 5.20. The molecule has 0 radical (unpaired) electrons. The SMILES string of the molecule is CC(C)=C1CC(=O)CC(c2ccccc2)CC1=C(C)C. The number of ketones is 1. The van der Waals surface area contributed by atoms with Gasteiger partial charge in [0.25, 0.3) is 0 Å². The third kappa shape index (κ3) is 3.27. The van der Waals surface area contributed by atoms with Crippen LogP contribution in [0.15, 0.2) is 52.6 Å². The Hall–Kier alpha value is -1.63. The summed E-state index contributed by atoms with van der Waals surface area (Å²) in [6.45, 7) is 8.56. The Bertz CT molecular complexity index is 553. The molecule has 0 N–H and O–H groups in total. The summed E-state index contributed by atoms with van der Waals surface area (Å²) in [6.07, 6.45) is 2.25. The molecule has 0 saturated heterocycles. The van der Waals surface area contributed by atoms with Gasteiger partial charge in [0.15, 0.2) is 0 Å². The first kappa shape index (κ1) is 14.8. The fraction of sp³-hybridized carbons (Fsp3) is 0.421. The lowest BCUT2D eigenvalue weighted by Crippen LogP contribution is -2.03. The first-order chi connectivity index (χ1) is 9.49. The second kappa shape index (κ2) is 6.21. The van der Waals surface area contributed by atoms with Crippen molar-refractivity contribution in [3.05, 3.63) is 58.2 Å². The summed E-state index contributed by atoms with van der Waals surface area (Å²) < 4.78 is 0. The van der Waals surface area contributed by atoms with Crippen molar-refractivity contribution >= 4 is 5.78 Å². The van der Waals surface area contributed by atoms with E-state index in [2.05, 4.69) is 52.0 Å². The van der Waals surface area contributed by atoms with Crippen LogP contribution in [0.1, 0.15) is 58.4 Å². The summed E-state index contributed by atoms with van der Waals surface area (Å²) in [4.78, 5) is 12.3. The van der Waals surface area contributed by atoms with Crippen LogP contribution in [-0.4, -0.2) is 5.78 Å². The van der Waals surface area contributed by atoms with Gasteiger partial charge in [-0.25, -0.2) is 0 Å². The van der Waals surface area contributed by atoms with E-state index >= 15 is 0 Å². The average molecular weight is 268 g/mol. The van der Waals surface area contributed by atoms with E-state index in [9.17, 15) is 4.79 Å². The summed E-state index contributed by atoms with van der Waals surface area (Å²) in [5.41, 5.74) is 6.58. The standard InChI is InChI=1S/C19H24O/c1-13(2)18-11-16(15-8-6-5-7-9-15)10-17(20)12-19(18)14(3)4/h5-9,16H,10-12H2,1-4H3. The number of carbonyl (C=O) groups excluding carboxylic acids is 1. The molecule has 1 fully saturated rings. The maximum atomic E-state index is 12.3. The van der Waals surface area contributed by atoms with Crippen LogP contribution < -0.4 is 0 Å². The molecular formula is C19H24O. The van der Waals surface area contributed by atoms with Crippen LogP contribution in [0.25, 0.3) is 0 Å². The second-order valence-corrected chi connectivity index (χ2v) is 6.19. The largest absolute Gasteiger partial charge is 0.299 e. The first-order valence-electron chi connectivity index (χ1n) is 7.38. The number of hydrogen-bond acceptors (Lipinski definition) is 1. The van der Waals surface area contributed by atoms with Crippen LogP contribution in [-0.2, 0) is 4.79 Å². The average Bonchev–Trinajstić information content (AvgIpc) is 2.59. The summed E-state index contributed by atoms with van der Waals surface area (Å²) in [6, 6.07) is 10.5. The molecule has 20 heavy (non-hydrogen) atoms. The Labute approximate surface area is 122 Å². The Morgan fingerprint density at radius 2 is 1.50 bits per heavy atom. The van der Waals surface area contributed by atoms with Crippen LogP contribution in [0.3, 0.4) is 0 Å². The van der Waals surface area contributed by atoms with Gasteiger partial charge in [0.05, 0.1) is 0 Å². The molecule has 1 aromatic carbocycles. The molecule has 1 unspecified atom stereocenters. The van der Waals surface area contributed by atoms with Gasteiger partial charge < -0.3 is 0 Å². The summed E-state index contributed by atoms with van der Waals surface area (Å²) in [5.74, 6) is 0.691. The Kier molecular flexibility index (Phi) is 4.59. The highest BCUT2D eigenvalue weighted by Crippen LogP contribution is 2.38.